The third kappa shape index (κ3) is 7.87. The van der Waals surface area contributed by atoms with Crippen LogP contribution in [0, 0.1) is 0 Å². The van der Waals surface area contributed by atoms with Gasteiger partial charge in [-0.05, 0) is 0 Å². The molecule has 0 aromatic heterocycles. The Morgan fingerprint density at radius 3 is 1.73 bits per heavy atom. The molecular formula is C2H7O10P3. The van der Waals surface area contributed by atoms with Crippen LogP contribution in [-0.4, -0.2) is 19.6 Å². The lowest BCUT2D eigenvalue weighted by Gasteiger charge is -2.14. The van der Waals surface area contributed by atoms with Crippen molar-refractivity contribution in [3.63, 3.8) is 0 Å². The molecule has 2 unspecified atom stereocenters. The van der Waals surface area contributed by atoms with E-state index in [1.807, 2.05) is 0 Å². The van der Waals surface area contributed by atoms with Crippen LogP contribution in [0.25, 0.3) is 0 Å². The lowest BCUT2D eigenvalue weighted by atomic mass is 11.2. The van der Waals surface area contributed by atoms with Gasteiger partial charge in [-0.25, -0.2) is 13.7 Å². The van der Waals surface area contributed by atoms with E-state index in [1.165, 1.54) is 0 Å². The Bertz CT molecular complexity index is 365. The van der Waals surface area contributed by atoms with E-state index in [9.17, 15) is 13.7 Å². The summed E-state index contributed by atoms with van der Waals surface area (Å²) in [6.45, 7) is 2.85. The van der Waals surface area contributed by atoms with Crippen LogP contribution < -0.4 is 0 Å². The molecule has 90 valence electrons. The molecule has 15 heavy (non-hydrogen) atoms. The van der Waals surface area contributed by atoms with Crippen LogP contribution in [-0.2, 0) is 26.8 Å². The second-order valence-corrected chi connectivity index (χ2v) is 6.24. The first-order valence-electron chi connectivity index (χ1n) is 2.90. The molecule has 0 fully saturated rings. The standard InChI is InChI=1S/C2H7O10P3/c1-2-10-14(6,7)12-15(8,9)11-13(3,4)5/h2H,1H2,(H,6,7)(H,8,9)(H2,3,4,5). The van der Waals surface area contributed by atoms with Gasteiger partial charge in [0, 0.05) is 0 Å². The molecule has 0 aliphatic rings. The van der Waals surface area contributed by atoms with Gasteiger partial charge in [0.05, 0.1) is 6.26 Å². The van der Waals surface area contributed by atoms with Gasteiger partial charge in [0.15, 0.2) is 0 Å². The molecule has 10 nitrogen and oxygen atoms in total. The lowest BCUT2D eigenvalue weighted by molar-refractivity contribution is 0.199. The highest BCUT2D eigenvalue weighted by Crippen LogP contribution is 2.66. The van der Waals surface area contributed by atoms with E-state index in [0.717, 1.165) is 0 Å². The predicted octanol–water partition coefficient (Wildman–Crippen LogP) is 0.473. The molecular weight excluding hydrogens is 277 g/mol. The zero-order valence-electron chi connectivity index (χ0n) is 6.86. The van der Waals surface area contributed by atoms with Crippen LogP contribution in [0.4, 0.5) is 0 Å². The highest BCUT2D eigenvalue weighted by Gasteiger charge is 2.40. The molecule has 0 saturated carbocycles. The molecule has 4 N–H and O–H groups in total. The first-order valence-corrected chi connectivity index (χ1v) is 7.43. The maximum absolute atomic E-state index is 10.7. The predicted molar refractivity (Wildman–Crippen MR) is 45.1 cm³/mol. The summed E-state index contributed by atoms with van der Waals surface area (Å²) in [5, 5.41) is 0. The average Bonchev–Trinajstić information content (AvgIpc) is 1.74. The van der Waals surface area contributed by atoms with Crippen molar-refractivity contribution >= 4 is 23.5 Å². The van der Waals surface area contributed by atoms with Crippen LogP contribution in [0.2, 0.25) is 0 Å². The Balaban J connectivity index is 4.65. The monoisotopic (exact) mass is 284 g/mol. The maximum Gasteiger partial charge on any atom is 0.535 e. The molecule has 0 aliphatic heterocycles. The summed E-state index contributed by atoms with van der Waals surface area (Å²) in [5.41, 5.74) is 0. The minimum Gasteiger partial charge on any atom is -0.412 e. The van der Waals surface area contributed by atoms with Crippen molar-refractivity contribution in [2.24, 2.45) is 0 Å². The minimum atomic E-state index is -5.41. The van der Waals surface area contributed by atoms with Gasteiger partial charge in [0.2, 0.25) is 0 Å². The van der Waals surface area contributed by atoms with Crippen LogP contribution in [0.3, 0.4) is 0 Å². The van der Waals surface area contributed by atoms with E-state index >= 15 is 0 Å². The van der Waals surface area contributed by atoms with E-state index in [2.05, 4.69) is 19.7 Å². The van der Waals surface area contributed by atoms with E-state index in [-0.39, 0.29) is 0 Å². The van der Waals surface area contributed by atoms with Gasteiger partial charge in [-0.1, -0.05) is 6.58 Å². The fraction of sp³-hybridized carbons (Fsp3) is 0. The third-order valence-corrected chi connectivity index (χ3v) is 4.37. The number of rotatable bonds is 6. The van der Waals surface area contributed by atoms with Gasteiger partial charge in [0.1, 0.15) is 0 Å². The summed E-state index contributed by atoms with van der Waals surface area (Å²) >= 11 is 0. The lowest BCUT2D eigenvalue weighted by Crippen LogP contribution is -1.93. The molecule has 2 atom stereocenters. The minimum absolute atomic E-state index is 0.429. The molecule has 0 spiro atoms. The molecule has 0 amide bonds. The molecule has 0 heterocycles. The van der Waals surface area contributed by atoms with Crippen molar-refractivity contribution in [3.05, 3.63) is 12.8 Å². The van der Waals surface area contributed by atoms with Crippen molar-refractivity contribution in [1.82, 2.24) is 0 Å². The topological polar surface area (TPSA) is 160 Å². The quantitative estimate of drug-likeness (QED) is 0.398. The summed E-state index contributed by atoms with van der Waals surface area (Å²) in [6, 6.07) is 0. The Morgan fingerprint density at radius 2 is 1.40 bits per heavy atom. The van der Waals surface area contributed by atoms with Crippen LogP contribution >= 0.6 is 23.5 Å². The van der Waals surface area contributed by atoms with E-state index in [1.54, 1.807) is 0 Å². The highest BCUT2D eigenvalue weighted by atomic mass is 31.3. The average molecular weight is 284 g/mol. The normalized spacial score (nSPS) is 20.0. The number of hydrogen-bond acceptors (Lipinski definition) is 6. The van der Waals surface area contributed by atoms with Crippen LogP contribution in [0.1, 0.15) is 0 Å². The summed E-state index contributed by atoms with van der Waals surface area (Å²) in [4.78, 5) is 33.5. The molecule has 0 aromatic rings. The summed E-state index contributed by atoms with van der Waals surface area (Å²) in [6.07, 6.45) is 0.429. The highest BCUT2D eigenvalue weighted by molar-refractivity contribution is 7.66. The zero-order valence-corrected chi connectivity index (χ0v) is 9.55. The number of phosphoric acid groups is 3. The molecule has 0 bridgehead atoms. The summed E-state index contributed by atoms with van der Waals surface area (Å²) in [5.74, 6) is 0. The Hall–Kier alpha value is -0.0100. The second kappa shape index (κ2) is 4.88. The first-order chi connectivity index (χ1) is 6.47. The zero-order chi connectivity index (χ0) is 12.3. The van der Waals surface area contributed by atoms with Gasteiger partial charge in [-0.2, -0.15) is 8.62 Å². The van der Waals surface area contributed by atoms with Crippen molar-refractivity contribution < 1.29 is 46.4 Å². The van der Waals surface area contributed by atoms with E-state index in [0.29, 0.717) is 6.26 Å². The number of hydrogen-bond donors (Lipinski definition) is 4. The number of phosphoric ester groups is 1. The van der Waals surface area contributed by atoms with Gasteiger partial charge >= 0.3 is 23.5 Å². The largest absolute Gasteiger partial charge is 0.535 e. The maximum atomic E-state index is 10.7. The fourth-order valence-corrected chi connectivity index (χ4v) is 3.24. The smallest absolute Gasteiger partial charge is 0.412 e. The SMILES string of the molecule is C=COP(=O)(O)OP(=O)(O)OP(=O)(O)O. The molecule has 0 saturated heterocycles. The first kappa shape index (κ1) is 15.0. The Labute approximate surface area is 83.6 Å². The molecule has 0 rings (SSSR count). The van der Waals surface area contributed by atoms with Crippen molar-refractivity contribution in [3.8, 4) is 0 Å². The van der Waals surface area contributed by atoms with Crippen molar-refractivity contribution in [2.75, 3.05) is 0 Å². The second-order valence-electron chi connectivity index (χ2n) is 1.86. The third-order valence-electron chi connectivity index (χ3n) is 0.624. The summed E-state index contributed by atoms with van der Waals surface area (Å²) in [7, 11) is -15.8. The van der Waals surface area contributed by atoms with Crippen molar-refractivity contribution in [2.45, 2.75) is 0 Å². The fourth-order valence-electron chi connectivity index (χ4n) is 0.393. The molecule has 13 heteroatoms. The van der Waals surface area contributed by atoms with Gasteiger partial charge in [-0.3, -0.25) is 4.89 Å². The van der Waals surface area contributed by atoms with Crippen molar-refractivity contribution in [1.29, 1.82) is 0 Å². The summed E-state index contributed by atoms with van der Waals surface area (Å²) < 4.78 is 41.9. The van der Waals surface area contributed by atoms with Crippen LogP contribution in [0.5, 0.6) is 0 Å². The molecule has 0 aliphatic carbocycles. The van der Waals surface area contributed by atoms with Gasteiger partial charge < -0.3 is 19.2 Å². The van der Waals surface area contributed by atoms with Gasteiger partial charge in [-0.15, -0.1) is 0 Å². The van der Waals surface area contributed by atoms with E-state index in [4.69, 9.17) is 19.6 Å². The Morgan fingerprint density at radius 1 is 0.933 bits per heavy atom. The molecule has 0 aromatic carbocycles. The van der Waals surface area contributed by atoms with Gasteiger partial charge in [0.25, 0.3) is 0 Å². The molecule has 0 radical (unpaired) electrons. The van der Waals surface area contributed by atoms with E-state index < -0.39 is 23.5 Å². The Kier molecular flexibility index (Phi) is 4.88. The van der Waals surface area contributed by atoms with Crippen LogP contribution in [0.15, 0.2) is 12.8 Å².